The summed E-state index contributed by atoms with van der Waals surface area (Å²) in [5.74, 6) is -3.07. The lowest BCUT2D eigenvalue weighted by atomic mass is 10.1. The monoisotopic (exact) mass is 1070 g/mol. The Morgan fingerprint density at radius 2 is 0.789 bits per heavy atom. The van der Waals surface area contributed by atoms with Gasteiger partial charge in [0, 0.05) is 27.4 Å². The molecule has 4 aromatic carbocycles. The zero-order valence-electron chi connectivity index (χ0n) is 42.5. The Bertz CT molecular complexity index is 2290. The number of nitrogens with one attached hydrogen (secondary N) is 2. The van der Waals surface area contributed by atoms with E-state index in [0.717, 1.165) is 11.1 Å². The summed E-state index contributed by atoms with van der Waals surface area (Å²) in [6, 6.07) is 26.1. The molecule has 76 heavy (non-hydrogen) atoms. The zero-order valence-corrected chi connectivity index (χ0v) is 42.5. The van der Waals surface area contributed by atoms with Gasteiger partial charge in [0.15, 0.2) is 23.0 Å². The Hall–Kier alpha value is -7.02. The van der Waals surface area contributed by atoms with E-state index >= 15 is 0 Å². The Morgan fingerprint density at radius 3 is 1.21 bits per heavy atom. The number of aliphatic hydroxyl groups is 2. The fourth-order valence-corrected chi connectivity index (χ4v) is 6.15. The number of amides is 2. The van der Waals surface area contributed by atoms with Crippen molar-refractivity contribution in [2.24, 2.45) is 0 Å². The smallest absolute Gasteiger partial charge is 0.343 e. The Kier molecular flexibility index (Phi) is 33.6. The molecule has 0 spiro atoms. The maximum absolute atomic E-state index is 12.8. The lowest BCUT2D eigenvalue weighted by Gasteiger charge is -2.13. The topological polar surface area (TPSA) is 300 Å². The van der Waals surface area contributed by atoms with Crippen LogP contribution in [0.1, 0.15) is 59.0 Å². The molecule has 418 valence electrons. The number of esters is 4. The standard InChI is InChI=1S/C34H39NO11.C20H31NO9.H2/c36-17-18-41-19-20-42-21-22-43-23-24-44-32(38)14-13-31(37)35-16-15-26-11-12-29(45-33(39)27-7-3-1-4-8-27)30(25-26)46-34(40)28-9-5-2-6-10-28;22-7-8-27-9-10-28-11-12-29-13-14-30-20(26)4-3-19(25)21-6-5-16-1-2-17(23)18(24)15-16;/h1-12,25,36H,13-24H2,(H,35,37);1-2,15,22-24H,3-14H2,(H,21,25);1H. The molecule has 0 aliphatic heterocycles. The first-order chi connectivity index (χ1) is 37.0. The molecule has 4 rings (SSSR count). The third-order valence-corrected chi connectivity index (χ3v) is 10.00. The Labute approximate surface area is 442 Å². The molecule has 2 amide bonds. The summed E-state index contributed by atoms with van der Waals surface area (Å²) in [5.41, 5.74) is 2.15. The molecule has 22 heteroatoms. The fraction of sp³-hybridized carbons (Fsp3) is 0.444. The number of hydrogen-bond donors (Lipinski definition) is 6. The predicted octanol–water partition coefficient (Wildman–Crippen LogP) is 3.52. The summed E-state index contributed by atoms with van der Waals surface area (Å²) >= 11 is 0. The van der Waals surface area contributed by atoms with Crippen LogP contribution in [0.4, 0.5) is 0 Å². The van der Waals surface area contributed by atoms with Crippen LogP contribution in [0.2, 0.25) is 0 Å². The van der Waals surface area contributed by atoms with E-state index in [4.69, 9.17) is 57.6 Å². The van der Waals surface area contributed by atoms with Crippen molar-refractivity contribution >= 4 is 35.7 Å². The van der Waals surface area contributed by atoms with Gasteiger partial charge in [-0.15, -0.1) is 0 Å². The summed E-state index contributed by atoms with van der Waals surface area (Å²) in [6.45, 7) is 4.78. The number of phenolic OH excluding ortho intramolecular Hbond substituents is 2. The molecule has 0 aromatic heterocycles. The van der Waals surface area contributed by atoms with E-state index in [-0.39, 0.29) is 121 Å². The maximum Gasteiger partial charge on any atom is 0.343 e. The molecule has 0 atom stereocenters. The largest absolute Gasteiger partial charge is 0.504 e. The molecule has 6 N–H and O–H groups in total. The number of aliphatic hydroxyl groups excluding tert-OH is 2. The van der Waals surface area contributed by atoms with E-state index in [0.29, 0.717) is 83.4 Å². The van der Waals surface area contributed by atoms with Gasteiger partial charge in [-0.25, -0.2) is 9.59 Å². The summed E-state index contributed by atoms with van der Waals surface area (Å²) in [7, 11) is 0. The maximum atomic E-state index is 12.8. The highest BCUT2D eigenvalue weighted by molar-refractivity contribution is 5.93. The second kappa shape index (κ2) is 40.3. The minimum atomic E-state index is -0.618. The second-order valence-corrected chi connectivity index (χ2v) is 15.9. The molecule has 0 bridgehead atoms. The van der Waals surface area contributed by atoms with Gasteiger partial charge in [-0.1, -0.05) is 48.5 Å². The molecule has 0 heterocycles. The SMILES string of the molecule is O=C(CCC(=O)OCCOCCOCCOCCO)NCCc1ccc(O)c(O)c1.O=C(CCC(=O)OCCOCCOCCOCCO)NCCc1ccc(OC(=O)c2ccccc2)c(OC(=O)c2ccccc2)c1.[HH]. The molecule has 0 saturated heterocycles. The average molecular weight is 1070 g/mol. The van der Waals surface area contributed by atoms with Crippen molar-refractivity contribution in [3.05, 3.63) is 119 Å². The van der Waals surface area contributed by atoms with Gasteiger partial charge in [-0.2, -0.15) is 0 Å². The number of carbonyl (C=O) groups excluding carboxylic acids is 6. The van der Waals surface area contributed by atoms with Gasteiger partial charge in [-0.05, 0) is 72.5 Å². The van der Waals surface area contributed by atoms with Gasteiger partial charge in [0.25, 0.3) is 0 Å². The highest BCUT2D eigenvalue weighted by Gasteiger charge is 2.18. The third-order valence-electron chi connectivity index (χ3n) is 10.00. The Balaban J connectivity index is 0.000000569. The summed E-state index contributed by atoms with van der Waals surface area (Å²) < 4.78 is 52.4. The number of rotatable bonds is 38. The van der Waals surface area contributed by atoms with Gasteiger partial charge in [-0.3, -0.25) is 19.2 Å². The summed E-state index contributed by atoms with van der Waals surface area (Å²) in [6.07, 6.45) is 0.746. The van der Waals surface area contributed by atoms with E-state index < -0.39 is 23.9 Å². The second-order valence-electron chi connectivity index (χ2n) is 15.9. The van der Waals surface area contributed by atoms with Crippen LogP contribution in [0.3, 0.4) is 0 Å². The predicted molar refractivity (Wildman–Crippen MR) is 274 cm³/mol. The van der Waals surface area contributed by atoms with Crippen molar-refractivity contribution < 1.29 is 98.0 Å². The molecule has 0 fully saturated rings. The normalized spacial score (nSPS) is 10.7. The molecule has 0 aliphatic rings. The van der Waals surface area contributed by atoms with Crippen molar-refractivity contribution in [3.8, 4) is 23.0 Å². The lowest BCUT2D eigenvalue weighted by molar-refractivity contribution is -0.147. The lowest BCUT2D eigenvalue weighted by Crippen LogP contribution is -2.26. The van der Waals surface area contributed by atoms with E-state index in [1.54, 1.807) is 78.9 Å². The highest BCUT2D eigenvalue weighted by Crippen LogP contribution is 2.30. The minimum absolute atomic E-state index is 0. The molecule has 22 nitrogen and oxygen atoms in total. The number of carbonyl (C=O) groups is 6. The molecule has 0 saturated carbocycles. The Morgan fingerprint density at radius 1 is 0.408 bits per heavy atom. The quantitative estimate of drug-likeness (QED) is 0.0162. The van der Waals surface area contributed by atoms with Crippen LogP contribution in [0.25, 0.3) is 0 Å². The van der Waals surface area contributed by atoms with Crippen LogP contribution in [-0.2, 0) is 69.9 Å². The summed E-state index contributed by atoms with van der Waals surface area (Å²) in [5, 5.41) is 41.2. The van der Waals surface area contributed by atoms with Crippen molar-refractivity contribution in [1.82, 2.24) is 10.6 Å². The minimum Gasteiger partial charge on any atom is -0.504 e. The zero-order chi connectivity index (χ0) is 54.9. The first-order valence-electron chi connectivity index (χ1n) is 24.7. The number of hydrogen-bond acceptors (Lipinski definition) is 20. The van der Waals surface area contributed by atoms with E-state index in [1.807, 2.05) is 0 Å². The highest BCUT2D eigenvalue weighted by atomic mass is 16.6. The van der Waals surface area contributed by atoms with E-state index in [2.05, 4.69) is 10.6 Å². The van der Waals surface area contributed by atoms with Crippen molar-refractivity contribution in [2.75, 3.05) is 119 Å². The first-order valence-corrected chi connectivity index (χ1v) is 24.7. The number of benzene rings is 4. The first kappa shape index (κ1) is 63.3. The average Bonchev–Trinajstić information content (AvgIpc) is 3.42. The molecule has 0 radical (unpaired) electrons. The van der Waals surface area contributed by atoms with Gasteiger partial charge in [0.05, 0.1) is 116 Å². The molecular formula is C54H72N2O20. The van der Waals surface area contributed by atoms with Crippen LogP contribution in [0, 0.1) is 0 Å². The number of aromatic hydroxyl groups is 2. The van der Waals surface area contributed by atoms with Gasteiger partial charge in [0.1, 0.15) is 13.2 Å². The molecule has 0 aliphatic carbocycles. The van der Waals surface area contributed by atoms with E-state index in [1.165, 1.54) is 18.2 Å². The van der Waals surface area contributed by atoms with Crippen LogP contribution >= 0.6 is 0 Å². The van der Waals surface area contributed by atoms with Crippen molar-refractivity contribution in [2.45, 2.75) is 38.5 Å². The third kappa shape index (κ3) is 29.8. The van der Waals surface area contributed by atoms with Crippen LogP contribution in [0.5, 0.6) is 23.0 Å². The van der Waals surface area contributed by atoms with Gasteiger partial charge < -0.3 is 78.4 Å². The van der Waals surface area contributed by atoms with Crippen molar-refractivity contribution in [3.63, 3.8) is 0 Å². The molecule has 4 aromatic rings. The van der Waals surface area contributed by atoms with Crippen LogP contribution in [0.15, 0.2) is 97.1 Å². The van der Waals surface area contributed by atoms with E-state index in [9.17, 15) is 39.0 Å². The number of ether oxygens (including phenoxy) is 10. The fourth-order valence-electron chi connectivity index (χ4n) is 6.15. The van der Waals surface area contributed by atoms with Gasteiger partial charge in [0.2, 0.25) is 11.8 Å². The summed E-state index contributed by atoms with van der Waals surface area (Å²) in [4.78, 5) is 73.0. The molecular weight excluding hydrogens is 997 g/mol. The van der Waals surface area contributed by atoms with Crippen LogP contribution in [-0.4, -0.2) is 175 Å². The van der Waals surface area contributed by atoms with Gasteiger partial charge >= 0.3 is 23.9 Å². The molecule has 0 unspecified atom stereocenters. The number of phenols is 2. The van der Waals surface area contributed by atoms with Crippen LogP contribution < -0.4 is 20.1 Å². The van der Waals surface area contributed by atoms with Crippen molar-refractivity contribution in [1.29, 1.82) is 0 Å².